The van der Waals surface area contributed by atoms with Crippen molar-refractivity contribution in [3.05, 3.63) is 59.1 Å². The fourth-order valence-corrected chi connectivity index (χ4v) is 3.02. The molecule has 5 nitrogen and oxygen atoms in total. The molecule has 0 aliphatic carbocycles. The highest BCUT2D eigenvalue weighted by Crippen LogP contribution is 2.21. The number of hydrogen-bond acceptors (Lipinski definition) is 3. The average Bonchev–Trinajstić information content (AvgIpc) is 2.50. The smallest absolute Gasteiger partial charge is 0.242 e. The predicted octanol–water partition coefficient (Wildman–Crippen LogP) is 2.77. The number of benzene rings is 2. The Labute approximate surface area is 140 Å². The average molecular weight is 353 g/mol. The SMILES string of the molecule is CN(C)S(=O)(=O)c1ccc(CC(=O)Nc2ccccc2Cl)cc1. The van der Waals surface area contributed by atoms with Gasteiger partial charge in [0.2, 0.25) is 15.9 Å². The summed E-state index contributed by atoms with van der Waals surface area (Å²) in [5, 5.41) is 3.19. The lowest BCUT2D eigenvalue weighted by molar-refractivity contribution is -0.115. The van der Waals surface area contributed by atoms with E-state index in [1.165, 1.54) is 26.2 Å². The second kappa shape index (κ2) is 7.12. The van der Waals surface area contributed by atoms with Gasteiger partial charge in [-0.2, -0.15) is 0 Å². The number of carbonyl (C=O) groups excluding carboxylic acids is 1. The summed E-state index contributed by atoms with van der Waals surface area (Å²) in [6.45, 7) is 0. The zero-order chi connectivity index (χ0) is 17.0. The summed E-state index contributed by atoms with van der Waals surface area (Å²) >= 11 is 5.99. The maximum atomic E-state index is 12.0. The minimum absolute atomic E-state index is 0.132. The summed E-state index contributed by atoms with van der Waals surface area (Å²) in [7, 11) is -0.516. The van der Waals surface area contributed by atoms with Crippen LogP contribution in [0.3, 0.4) is 0 Å². The molecule has 0 saturated carbocycles. The summed E-state index contributed by atoms with van der Waals surface area (Å²) in [4.78, 5) is 12.2. The van der Waals surface area contributed by atoms with E-state index in [-0.39, 0.29) is 17.2 Å². The second-order valence-electron chi connectivity index (χ2n) is 5.14. The molecule has 0 fully saturated rings. The molecule has 7 heteroatoms. The van der Waals surface area contributed by atoms with Gasteiger partial charge in [0.1, 0.15) is 0 Å². The molecule has 0 aliphatic rings. The molecular weight excluding hydrogens is 336 g/mol. The predicted molar refractivity (Wildman–Crippen MR) is 91.1 cm³/mol. The summed E-state index contributed by atoms with van der Waals surface area (Å²) in [6.07, 6.45) is 0.132. The molecule has 0 spiro atoms. The van der Waals surface area contributed by atoms with Crippen LogP contribution in [0.25, 0.3) is 0 Å². The number of halogens is 1. The van der Waals surface area contributed by atoms with E-state index in [0.29, 0.717) is 16.3 Å². The van der Waals surface area contributed by atoms with Gasteiger partial charge in [0.05, 0.1) is 22.0 Å². The van der Waals surface area contributed by atoms with Crippen molar-refractivity contribution in [3.63, 3.8) is 0 Å². The fraction of sp³-hybridized carbons (Fsp3) is 0.188. The zero-order valence-electron chi connectivity index (χ0n) is 12.8. The molecule has 0 unspecified atom stereocenters. The van der Waals surface area contributed by atoms with Crippen molar-refractivity contribution < 1.29 is 13.2 Å². The Bertz CT molecular complexity index is 802. The van der Waals surface area contributed by atoms with Gasteiger partial charge in [0.15, 0.2) is 0 Å². The number of sulfonamides is 1. The molecule has 1 amide bonds. The Balaban J connectivity index is 2.07. The Kier molecular flexibility index (Phi) is 5.41. The molecule has 0 aromatic heterocycles. The number of amides is 1. The minimum atomic E-state index is -3.46. The van der Waals surface area contributed by atoms with Crippen molar-refractivity contribution in [2.45, 2.75) is 11.3 Å². The first kappa shape index (κ1) is 17.5. The number of hydrogen-bond donors (Lipinski definition) is 1. The van der Waals surface area contributed by atoms with Crippen LogP contribution in [0.5, 0.6) is 0 Å². The fourth-order valence-electron chi connectivity index (χ4n) is 1.93. The van der Waals surface area contributed by atoms with E-state index < -0.39 is 10.0 Å². The number of rotatable bonds is 5. The third kappa shape index (κ3) is 4.31. The summed E-state index contributed by atoms with van der Waals surface area (Å²) in [5.74, 6) is -0.221. The van der Waals surface area contributed by atoms with Gasteiger partial charge in [-0.1, -0.05) is 35.9 Å². The van der Waals surface area contributed by atoms with Crippen molar-refractivity contribution >= 4 is 33.2 Å². The van der Waals surface area contributed by atoms with Crippen LogP contribution in [0.2, 0.25) is 5.02 Å². The Morgan fingerprint density at radius 1 is 1.09 bits per heavy atom. The van der Waals surface area contributed by atoms with Crippen LogP contribution in [-0.4, -0.2) is 32.7 Å². The zero-order valence-corrected chi connectivity index (χ0v) is 14.4. The Hall–Kier alpha value is -1.89. The quantitative estimate of drug-likeness (QED) is 0.899. The minimum Gasteiger partial charge on any atom is -0.324 e. The van der Waals surface area contributed by atoms with Gasteiger partial charge in [-0.05, 0) is 29.8 Å². The molecule has 2 aromatic rings. The van der Waals surface area contributed by atoms with Crippen LogP contribution in [0.4, 0.5) is 5.69 Å². The first-order valence-corrected chi connectivity index (χ1v) is 8.68. The molecule has 1 N–H and O–H groups in total. The van der Waals surface area contributed by atoms with Gasteiger partial charge in [0, 0.05) is 14.1 Å². The number of nitrogens with zero attached hydrogens (tertiary/aromatic N) is 1. The van der Waals surface area contributed by atoms with Crippen LogP contribution in [0.1, 0.15) is 5.56 Å². The largest absolute Gasteiger partial charge is 0.324 e. The molecule has 2 rings (SSSR count). The summed E-state index contributed by atoms with van der Waals surface area (Å²) in [5.41, 5.74) is 1.26. The van der Waals surface area contributed by atoms with Crippen LogP contribution >= 0.6 is 11.6 Å². The maximum Gasteiger partial charge on any atom is 0.242 e. The van der Waals surface area contributed by atoms with Crippen LogP contribution in [0.15, 0.2) is 53.4 Å². The molecule has 0 saturated heterocycles. The highest BCUT2D eigenvalue weighted by molar-refractivity contribution is 7.89. The Morgan fingerprint density at radius 2 is 1.70 bits per heavy atom. The van der Waals surface area contributed by atoms with Crippen molar-refractivity contribution in [2.75, 3.05) is 19.4 Å². The van der Waals surface area contributed by atoms with E-state index in [2.05, 4.69) is 5.32 Å². The topological polar surface area (TPSA) is 66.5 Å². The summed E-state index contributed by atoms with van der Waals surface area (Å²) in [6, 6.07) is 13.2. The first-order valence-electron chi connectivity index (χ1n) is 6.86. The molecule has 23 heavy (non-hydrogen) atoms. The molecule has 0 bridgehead atoms. The molecule has 2 aromatic carbocycles. The van der Waals surface area contributed by atoms with E-state index in [4.69, 9.17) is 11.6 Å². The van der Waals surface area contributed by atoms with Crippen LogP contribution in [0, 0.1) is 0 Å². The molecule has 0 aliphatic heterocycles. The van der Waals surface area contributed by atoms with Gasteiger partial charge in [-0.3, -0.25) is 4.79 Å². The van der Waals surface area contributed by atoms with Gasteiger partial charge >= 0.3 is 0 Å². The number of anilines is 1. The van der Waals surface area contributed by atoms with Gasteiger partial charge < -0.3 is 5.32 Å². The highest BCUT2D eigenvalue weighted by atomic mass is 35.5. The summed E-state index contributed by atoms with van der Waals surface area (Å²) < 4.78 is 25.1. The van der Waals surface area contributed by atoms with E-state index in [1.807, 2.05) is 0 Å². The van der Waals surface area contributed by atoms with E-state index in [9.17, 15) is 13.2 Å². The monoisotopic (exact) mass is 352 g/mol. The van der Waals surface area contributed by atoms with Crippen molar-refractivity contribution in [1.82, 2.24) is 4.31 Å². The standard InChI is InChI=1S/C16H17ClN2O3S/c1-19(2)23(21,22)13-9-7-12(8-10-13)11-16(20)18-15-6-4-3-5-14(15)17/h3-10H,11H2,1-2H3,(H,18,20). The lowest BCUT2D eigenvalue weighted by Gasteiger charge is -2.11. The van der Waals surface area contributed by atoms with Crippen molar-refractivity contribution in [3.8, 4) is 0 Å². The van der Waals surface area contributed by atoms with E-state index >= 15 is 0 Å². The second-order valence-corrected chi connectivity index (χ2v) is 7.70. The number of nitrogens with one attached hydrogen (secondary N) is 1. The molecule has 0 atom stereocenters. The lowest BCUT2D eigenvalue weighted by Crippen LogP contribution is -2.22. The molecular formula is C16H17ClN2O3S. The molecule has 0 radical (unpaired) electrons. The Morgan fingerprint density at radius 3 is 2.26 bits per heavy atom. The van der Waals surface area contributed by atoms with Crippen molar-refractivity contribution in [2.24, 2.45) is 0 Å². The lowest BCUT2D eigenvalue weighted by atomic mass is 10.1. The number of carbonyl (C=O) groups is 1. The van der Waals surface area contributed by atoms with Gasteiger partial charge in [-0.15, -0.1) is 0 Å². The van der Waals surface area contributed by atoms with Crippen LogP contribution < -0.4 is 5.32 Å². The highest BCUT2D eigenvalue weighted by Gasteiger charge is 2.16. The third-order valence-electron chi connectivity index (χ3n) is 3.21. The van der Waals surface area contributed by atoms with Crippen molar-refractivity contribution in [1.29, 1.82) is 0 Å². The van der Waals surface area contributed by atoms with Gasteiger partial charge in [0.25, 0.3) is 0 Å². The van der Waals surface area contributed by atoms with E-state index in [1.54, 1.807) is 36.4 Å². The van der Waals surface area contributed by atoms with Crippen LogP contribution in [-0.2, 0) is 21.2 Å². The first-order chi connectivity index (χ1) is 10.8. The number of para-hydroxylation sites is 1. The maximum absolute atomic E-state index is 12.0. The van der Waals surface area contributed by atoms with E-state index in [0.717, 1.165) is 4.31 Å². The molecule has 122 valence electrons. The molecule has 0 heterocycles. The third-order valence-corrected chi connectivity index (χ3v) is 5.37. The van der Waals surface area contributed by atoms with Gasteiger partial charge in [-0.25, -0.2) is 12.7 Å². The normalized spacial score (nSPS) is 11.5.